The number of hydrogen-bond acceptors (Lipinski definition) is 3. The fourth-order valence-electron chi connectivity index (χ4n) is 1.27. The maximum atomic E-state index is 5.49. The van der Waals surface area contributed by atoms with Crippen LogP contribution in [-0.4, -0.2) is 21.4 Å². The molecule has 0 aliphatic heterocycles. The van der Waals surface area contributed by atoms with Gasteiger partial charge in [-0.25, -0.2) is 0 Å². The number of nitrogens with zero attached hydrogens (tertiary/aromatic N) is 3. The van der Waals surface area contributed by atoms with Crippen molar-refractivity contribution in [1.82, 2.24) is 14.8 Å². The summed E-state index contributed by atoms with van der Waals surface area (Å²) in [6.45, 7) is 2.84. The van der Waals surface area contributed by atoms with Crippen LogP contribution < -0.4 is 4.74 Å². The van der Waals surface area contributed by atoms with Gasteiger partial charge in [-0.3, -0.25) is 4.57 Å². The molecule has 0 fully saturated rings. The van der Waals surface area contributed by atoms with Gasteiger partial charge < -0.3 is 4.74 Å². The van der Waals surface area contributed by atoms with Crippen molar-refractivity contribution in [3.8, 4) is 11.4 Å². The summed E-state index contributed by atoms with van der Waals surface area (Å²) in [6, 6.07) is 7.86. The fraction of sp³-hybridized carbons (Fsp3) is 0.273. The van der Waals surface area contributed by atoms with Crippen molar-refractivity contribution < 1.29 is 4.74 Å². The Kier molecular flexibility index (Phi) is 2.97. The SMILES string of the molecule is CCCOc1ccc(-n2cnnc2)cc1. The summed E-state index contributed by atoms with van der Waals surface area (Å²) >= 11 is 0. The molecule has 0 spiro atoms. The molecule has 0 amide bonds. The van der Waals surface area contributed by atoms with Crippen molar-refractivity contribution in [2.75, 3.05) is 6.61 Å². The number of benzene rings is 1. The molecule has 0 radical (unpaired) electrons. The highest BCUT2D eigenvalue weighted by molar-refractivity contribution is 5.36. The number of rotatable bonds is 4. The minimum Gasteiger partial charge on any atom is -0.494 e. The van der Waals surface area contributed by atoms with Gasteiger partial charge in [0, 0.05) is 5.69 Å². The first-order valence-corrected chi connectivity index (χ1v) is 4.98. The molecule has 15 heavy (non-hydrogen) atoms. The molecule has 0 atom stereocenters. The van der Waals surface area contributed by atoms with Gasteiger partial charge in [-0.15, -0.1) is 10.2 Å². The molecule has 0 saturated heterocycles. The molecule has 0 aliphatic carbocycles. The molecule has 0 saturated carbocycles. The largest absolute Gasteiger partial charge is 0.494 e. The van der Waals surface area contributed by atoms with Crippen molar-refractivity contribution in [2.24, 2.45) is 0 Å². The molecule has 0 unspecified atom stereocenters. The van der Waals surface area contributed by atoms with Gasteiger partial charge in [0.05, 0.1) is 6.61 Å². The average molecular weight is 203 g/mol. The van der Waals surface area contributed by atoms with Crippen LogP contribution in [0.15, 0.2) is 36.9 Å². The Morgan fingerprint density at radius 2 is 1.80 bits per heavy atom. The molecule has 4 heteroatoms. The third-order valence-corrected chi connectivity index (χ3v) is 2.03. The Balaban J connectivity index is 2.11. The minimum atomic E-state index is 0.756. The molecular weight excluding hydrogens is 190 g/mol. The Morgan fingerprint density at radius 3 is 2.40 bits per heavy atom. The van der Waals surface area contributed by atoms with Crippen molar-refractivity contribution in [1.29, 1.82) is 0 Å². The lowest BCUT2D eigenvalue weighted by Crippen LogP contribution is -1.95. The van der Waals surface area contributed by atoms with Crippen LogP contribution in [0.2, 0.25) is 0 Å². The zero-order chi connectivity index (χ0) is 10.5. The Labute approximate surface area is 88.5 Å². The summed E-state index contributed by atoms with van der Waals surface area (Å²) in [5, 5.41) is 7.50. The van der Waals surface area contributed by atoms with Gasteiger partial charge in [0.15, 0.2) is 0 Å². The lowest BCUT2D eigenvalue weighted by atomic mass is 10.3. The van der Waals surface area contributed by atoms with Crippen LogP contribution in [0, 0.1) is 0 Å². The zero-order valence-electron chi connectivity index (χ0n) is 8.63. The summed E-state index contributed by atoms with van der Waals surface area (Å²) in [6.07, 6.45) is 4.36. The van der Waals surface area contributed by atoms with E-state index in [1.807, 2.05) is 28.8 Å². The van der Waals surface area contributed by atoms with Crippen molar-refractivity contribution in [2.45, 2.75) is 13.3 Å². The molecule has 1 heterocycles. The molecule has 0 aliphatic rings. The molecule has 78 valence electrons. The molecular formula is C11H13N3O. The highest BCUT2D eigenvalue weighted by Crippen LogP contribution is 2.14. The van der Waals surface area contributed by atoms with E-state index in [2.05, 4.69) is 17.1 Å². The highest BCUT2D eigenvalue weighted by Gasteiger charge is 1.96. The van der Waals surface area contributed by atoms with Crippen LogP contribution in [0.3, 0.4) is 0 Å². The van der Waals surface area contributed by atoms with E-state index in [-0.39, 0.29) is 0 Å². The monoisotopic (exact) mass is 203 g/mol. The normalized spacial score (nSPS) is 10.2. The second-order valence-electron chi connectivity index (χ2n) is 3.21. The van der Waals surface area contributed by atoms with E-state index in [0.717, 1.165) is 24.5 Å². The van der Waals surface area contributed by atoms with Crippen LogP contribution in [0.5, 0.6) is 5.75 Å². The highest BCUT2D eigenvalue weighted by atomic mass is 16.5. The van der Waals surface area contributed by atoms with E-state index in [1.54, 1.807) is 12.7 Å². The smallest absolute Gasteiger partial charge is 0.123 e. The second-order valence-corrected chi connectivity index (χ2v) is 3.21. The van der Waals surface area contributed by atoms with Crippen molar-refractivity contribution in [3.63, 3.8) is 0 Å². The standard InChI is InChI=1S/C11H13N3O/c1-2-7-15-11-5-3-10(4-6-11)14-8-12-13-9-14/h3-6,8-9H,2,7H2,1H3. The summed E-state index contributed by atoms with van der Waals surface area (Å²) < 4.78 is 7.34. The first-order chi connectivity index (χ1) is 7.40. The van der Waals surface area contributed by atoms with Gasteiger partial charge >= 0.3 is 0 Å². The van der Waals surface area contributed by atoms with E-state index in [9.17, 15) is 0 Å². The number of hydrogen-bond donors (Lipinski definition) is 0. The molecule has 1 aromatic carbocycles. The van der Waals surface area contributed by atoms with E-state index in [4.69, 9.17) is 4.74 Å². The van der Waals surface area contributed by atoms with Crippen LogP contribution in [-0.2, 0) is 0 Å². The fourth-order valence-corrected chi connectivity index (χ4v) is 1.27. The molecule has 4 nitrogen and oxygen atoms in total. The summed E-state index contributed by atoms with van der Waals surface area (Å²) in [5.41, 5.74) is 1.03. The van der Waals surface area contributed by atoms with Crippen LogP contribution >= 0.6 is 0 Å². The molecule has 1 aromatic heterocycles. The molecule has 0 bridgehead atoms. The van der Waals surface area contributed by atoms with E-state index in [1.165, 1.54) is 0 Å². The average Bonchev–Trinajstić information content (AvgIpc) is 2.80. The van der Waals surface area contributed by atoms with Gasteiger partial charge in [-0.05, 0) is 30.7 Å². The predicted molar refractivity (Wildman–Crippen MR) is 57.1 cm³/mol. The Bertz CT molecular complexity index is 394. The summed E-state index contributed by atoms with van der Waals surface area (Å²) in [4.78, 5) is 0. The van der Waals surface area contributed by atoms with Gasteiger partial charge in [0.25, 0.3) is 0 Å². The van der Waals surface area contributed by atoms with E-state index in [0.29, 0.717) is 0 Å². The minimum absolute atomic E-state index is 0.756. The first kappa shape index (κ1) is 9.71. The van der Waals surface area contributed by atoms with Crippen molar-refractivity contribution >= 4 is 0 Å². The van der Waals surface area contributed by atoms with Gasteiger partial charge in [-0.2, -0.15) is 0 Å². The maximum absolute atomic E-state index is 5.49. The van der Waals surface area contributed by atoms with E-state index >= 15 is 0 Å². The third kappa shape index (κ3) is 2.34. The summed E-state index contributed by atoms with van der Waals surface area (Å²) in [5.74, 6) is 0.897. The van der Waals surface area contributed by atoms with Gasteiger partial charge in [0.2, 0.25) is 0 Å². The van der Waals surface area contributed by atoms with Crippen LogP contribution in [0.4, 0.5) is 0 Å². The second kappa shape index (κ2) is 4.59. The lowest BCUT2D eigenvalue weighted by Gasteiger charge is -2.05. The molecule has 2 aromatic rings. The van der Waals surface area contributed by atoms with Crippen LogP contribution in [0.1, 0.15) is 13.3 Å². The topological polar surface area (TPSA) is 39.9 Å². The quantitative estimate of drug-likeness (QED) is 0.763. The number of ether oxygens (including phenoxy) is 1. The number of aromatic nitrogens is 3. The first-order valence-electron chi connectivity index (χ1n) is 4.98. The van der Waals surface area contributed by atoms with E-state index < -0.39 is 0 Å². The summed E-state index contributed by atoms with van der Waals surface area (Å²) in [7, 11) is 0. The predicted octanol–water partition coefficient (Wildman–Crippen LogP) is 2.06. The lowest BCUT2D eigenvalue weighted by molar-refractivity contribution is 0.317. The van der Waals surface area contributed by atoms with Gasteiger partial charge in [0.1, 0.15) is 18.4 Å². The maximum Gasteiger partial charge on any atom is 0.123 e. The van der Waals surface area contributed by atoms with Crippen LogP contribution in [0.25, 0.3) is 5.69 Å². The molecule has 2 rings (SSSR count). The van der Waals surface area contributed by atoms with Gasteiger partial charge in [-0.1, -0.05) is 6.92 Å². The Hall–Kier alpha value is -1.84. The third-order valence-electron chi connectivity index (χ3n) is 2.03. The molecule has 0 N–H and O–H groups in total. The Morgan fingerprint density at radius 1 is 1.13 bits per heavy atom. The zero-order valence-corrected chi connectivity index (χ0v) is 8.63. The van der Waals surface area contributed by atoms with Crippen molar-refractivity contribution in [3.05, 3.63) is 36.9 Å².